The van der Waals surface area contributed by atoms with Crippen LogP contribution in [0.1, 0.15) is 41.5 Å². The summed E-state index contributed by atoms with van der Waals surface area (Å²) >= 11 is 0. The molecule has 1 atom stereocenters. The van der Waals surface area contributed by atoms with Gasteiger partial charge in [-0.3, -0.25) is 9.80 Å². The van der Waals surface area contributed by atoms with Crippen LogP contribution in [0.2, 0.25) is 0 Å². The van der Waals surface area contributed by atoms with Gasteiger partial charge in [-0.15, -0.1) is 0 Å². The maximum atomic E-state index is 12.1. The molecule has 1 aliphatic rings. The van der Waals surface area contributed by atoms with Crippen molar-refractivity contribution in [3.05, 3.63) is 0 Å². The Bertz CT molecular complexity index is 289. The lowest BCUT2D eigenvalue weighted by atomic mass is 9.91. The first-order valence-corrected chi connectivity index (χ1v) is 6.22. The van der Waals surface area contributed by atoms with Crippen molar-refractivity contribution in [2.24, 2.45) is 5.41 Å². The fourth-order valence-electron chi connectivity index (χ4n) is 2.39. The normalized spacial score (nSPS) is 23.0. The maximum absolute atomic E-state index is 12.1. The summed E-state index contributed by atoms with van der Waals surface area (Å²) in [6.45, 7) is 13.8. The fraction of sp³-hybridized carbons (Fsp3) is 0.923. The lowest BCUT2D eigenvalue weighted by Gasteiger charge is -2.38. The van der Waals surface area contributed by atoms with Crippen LogP contribution in [0, 0.1) is 5.41 Å². The molecule has 0 radical (unpaired) electrons. The number of amides is 1. The lowest BCUT2D eigenvalue weighted by molar-refractivity contribution is -0.00539. The largest absolute Gasteiger partial charge is 0.444 e. The Labute approximate surface area is 105 Å². The highest BCUT2D eigenvalue weighted by Gasteiger charge is 2.42. The highest BCUT2D eigenvalue weighted by Crippen LogP contribution is 2.31. The molecule has 1 saturated heterocycles. The fourth-order valence-corrected chi connectivity index (χ4v) is 2.39. The van der Waals surface area contributed by atoms with E-state index in [9.17, 15) is 4.79 Å². The molecule has 1 amide bonds. The van der Waals surface area contributed by atoms with Crippen LogP contribution in [0.4, 0.5) is 4.79 Å². The van der Waals surface area contributed by atoms with Gasteiger partial charge in [-0.25, -0.2) is 4.79 Å². The van der Waals surface area contributed by atoms with E-state index in [0.29, 0.717) is 0 Å². The molecule has 1 aliphatic heterocycles. The summed E-state index contributed by atoms with van der Waals surface area (Å²) in [5.41, 5.74) is -0.400. The van der Waals surface area contributed by atoms with Crippen LogP contribution < -0.4 is 0 Å². The second-order valence-electron chi connectivity index (χ2n) is 6.89. The zero-order valence-electron chi connectivity index (χ0n) is 12.2. The SMILES string of the molecule is CN1CCN(C(=O)OC(C)(C)C)[C@@H]1C(C)(C)C. The molecule has 0 unspecified atom stereocenters. The molecule has 1 rings (SSSR count). The van der Waals surface area contributed by atoms with Crippen molar-refractivity contribution in [1.82, 2.24) is 9.80 Å². The van der Waals surface area contributed by atoms with E-state index in [1.807, 2.05) is 25.7 Å². The minimum atomic E-state index is -0.430. The van der Waals surface area contributed by atoms with Crippen molar-refractivity contribution < 1.29 is 9.53 Å². The van der Waals surface area contributed by atoms with Crippen LogP contribution >= 0.6 is 0 Å². The number of carbonyl (C=O) groups excluding carboxylic acids is 1. The molecule has 0 bridgehead atoms. The first-order valence-electron chi connectivity index (χ1n) is 6.22. The summed E-state index contributed by atoms with van der Waals surface area (Å²) < 4.78 is 5.46. The molecule has 0 N–H and O–H groups in total. The summed E-state index contributed by atoms with van der Waals surface area (Å²) in [4.78, 5) is 16.2. The smallest absolute Gasteiger partial charge is 0.411 e. The van der Waals surface area contributed by atoms with Crippen LogP contribution in [-0.4, -0.2) is 47.8 Å². The number of carbonyl (C=O) groups is 1. The van der Waals surface area contributed by atoms with Crippen molar-refractivity contribution in [2.75, 3.05) is 20.1 Å². The van der Waals surface area contributed by atoms with E-state index in [-0.39, 0.29) is 17.7 Å². The van der Waals surface area contributed by atoms with Gasteiger partial charge in [0.1, 0.15) is 5.60 Å². The Morgan fingerprint density at radius 2 is 1.65 bits per heavy atom. The predicted octanol–water partition coefficient (Wildman–Crippen LogP) is 2.54. The Hall–Kier alpha value is -0.770. The Balaban J connectivity index is 2.80. The van der Waals surface area contributed by atoms with E-state index in [4.69, 9.17) is 4.74 Å². The first kappa shape index (κ1) is 14.3. The molecular formula is C13H26N2O2. The van der Waals surface area contributed by atoms with Crippen LogP contribution in [0.3, 0.4) is 0 Å². The van der Waals surface area contributed by atoms with Crippen LogP contribution in [-0.2, 0) is 4.74 Å². The predicted molar refractivity (Wildman–Crippen MR) is 68.8 cm³/mol. The van der Waals surface area contributed by atoms with Gasteiger partial charge >= 0.3 is 6.09 Å². The van der Waals surface area contributed by atoms with Gasteiger partial charge in [0.25, 0.3) is 0 Å². The van der Waals surface area contributed by atoms with E-state index in [1.54, 1.807) is 0 Å². The van der Waals surface area contributed by atoms with Gasteiger partial charge in [0.15, 0.2) is 0 Å². The minimum Gasteiger partial charge on any atom is -0.444 e. The second kappa shape index (κ2) is 4.48. The Kier molecular flexibility index (Phi) is 3.77. The molecule has 0 saturated carbocycles. The van der Waals surface area contributed by atoms with Gasteiger partial charge in [-0.1, -0.05) is 20.8 Å². The molecule has 100 valence electrons. The van der Waals surface area contributed by atoms with Gasteiger partial charge in [0.05, 0.1) is 6.17 Å². The number of likely N-dealkylation sites (N-methyl/N-ethyl adjacent to an activating group) is 1. The highest BCUT2D eigenvalue weighted by molar-refractivity contribution is 5.69. The number of hydrogen-bond donors (Lipinski definition) is 0. The van der Waals surface area contributed by atoms with Gasteiger partial charge < -0.3 is 4.74 Å². The summed E-state index contributed by atoms with van der Waals surface area (Å²) in [5, 5.41) is 0. The topological polar surface area (TPSA) is 32.8 Å². The van der Waals surface area contributed by atoms with E-state index < -0.39 is 5.60 Å². The Morgan fingerprint density at radius 1 is 1.12 bits per heavy atom. The van der Waals surface area contributed by atoms with Gasteiger partial charge in [0, 0.05) is 13.1 Å². The molecule has 0 aromatic heterocycles. The molecule has 17 heavy (non-hydrogen) atoms. The van der Waals surface area contributed by atoms with E-state index in [1.165, 1.54) is 0 Å². The number of rotatable bonds is 0. The standard InChI is InChI=1S/C13H26N2O2/c1-12(2,3)10-14(7)8-9-15(10)11(16)17-13(4,5)6/h10H,8-9H2,1-7H3/t10-/m1/s1. The van der Waals surface area contributed by atoms with E-state index >= 15 is 0 Å². The third kappa shape index (κ3) is 3.60. The van der Waals surface area contributed by atoms with Crippen LogP contribution in [0.25, 0.3) is 0 Å². The number of nitrogens with zero attached hydrogens (tertiary/aromatic N) is 2. The quantitative estimate of drug-likeness (QED) is 0.654. The molecule has 0 spiro atoms. The molecule has 1 fully saturated rings. The average molecular weight is 242 g/mol. The van der Waals surface area contributed by atoms with Crippen LogP contribution in [0.15, 0.2) is 0 Å². The monoisotopic (exact) mass is 242 g/mol. The average Bonchev–Trinajstić information content (AvgIpc) is 2.42. The lowest BCUT2D eigenvalue weighted by Crippen LogP contribution is -2.50. The van der Waals surface area contributed by atoms with Crippen LogP contribution in [0.5, 0.6) is 0 Å². The molecule has 1 heterocycles. The zero-order chi connectivity index (χ0) is 13.4. The third-order valence-electron chi connectivity index (χ3n) is 2.81. The third-order valence-corrected chi connectivity index (χ3v) is 2.81. The van der Waals surface area contributed by atoms with Crippen molar-refractivity contribution in [3.63, 3.8) is 0 Å². The summed E-state index contributed by atoms with van der Waals surface area (Å²) in [6, 6.07) is 0. The molecule has 0 aromatic carbocycles. The molecule has 0 aromatic rings. The number of hydrogen-bond acceptors (Lipinski definition) is 3. The maximum Gasteiger partial charge on any atom is 0.411 e. The molecule has 4 nitrogen and oxygen atoms in total. The van der Waals surface area contributed by atoms with Crippen molar-refractivity contribution >= 4 is 6.09 Å². The first-order chi connectivity index (χ1) is 7.52. The van der Waals surface area contributed by atoms with E-state index in [0.717, 1.165) is 13.1 Å². The number of ether oxygens (including phenoxy) is 1. The summed E-state index contributed by atoms with van der Waals surface area (Å²) in [5.74, 6) is 0. The summed E-state index contributed by atoms with van der Waals surface area (Å²) in [6.07, 6.45) is -0.0980. The van der Waals surface area contributed by atoms with Gasteiger partial charge in [0.2, 0.25) is 0 Å². The van der Waals surface area contributed by atoms with E-state index in [2.05, 4.69) is 32.7 Å². The highest BCUT2D eigenvalue weighted by atomic mass is 16.6. The summed E-state index contributed by atoms with van der Waals surface area (Å²) in [7, 11) is 2.06. The van der Waals surface area contributed by atoms with Gasteiger partial charge in [-0.05, 0) is 33.2 Å². The van der Waals surface area contributed by atoms with Crippen molar-refractivity contribution in [3.8, 4) is 0 Å². The molecular weight excluding hydrogens is 216 g/mol. The second-order valence-corrected chi connectivity index (χ2v) is 6.89. The Morgan fingerprint density at radius 3 is 2.06 bits per heavy atom. The van der Waals surface area contributed by atoms with Crippen molar-refractivity contribution in [1.29, 1.82) is 0 Å². The minimum absolute atomic E-state index is 0.0299. The molecule has 0 aliphatic carbocycles. The van der Waals surface area contributed by atoms with Gasteiger partial charge in [-0.2, -0.15) is 0 Å². The van der Waals surface area contributed by atoms with Crippen molar-refractivity contribution in [2.45, 2.75) is 53.3 Å². The zero-order valence-corrected chi connectivity index (χ0v) is 12.2. The molecule has 4 heteroatoms.